The molecule has 1 amide bonds. The molecule has 0 spiro atoms. The Labute approximate surface area is 161 Å². The number of rotatable bonds is 4. The number of piperazine rings is 1. The zero-order chi connectivity index (χ0) is 19.7. The van der Waals surface area contributed by atoms with E-state index >= 15 is 0 Å². The number of nitrogens with zero attached hydrogens (tertiary/aromatic N) is 3. The summed E-state index contributed by atoms with van der Waals surface area (Å²) in [6, 6.07) is 16.2. The number of amides is 1. The fraction of sp³-hybridized carbons (Fsp3) is 0.190. The van der Waals surface area contributed by atoms with E-state index in [1.54, 1.807) is 29.3 Å². The van der Waals surface area contributed by atoms with E-state index in [0.717, 1.165) is 5.69 Å². The van der Waals surface area contributed by atoms with Gasteiger partial charge in [0.2, 0.25) is 5.91 Å². The van der Waals surface area contributed by atoms with Crippen LogP contribution in [-0.2, 0) is 11.3 Å². The van der Waals surface area contributed by atoms with Gasteiger partial charge in [0.15, 0.2) is 0 Å². The van der Waals surface area contributed by atoms with Crippen molar-refractivity contribution >= 4 is 23.1 Å². The van der Waals surface area contributed by atoms with Crippen molar-refractivity contribution in [3.63, 3.8) is 0 Å². The predicted molar refractivity (Wildman–Crippen MR) is 105 cm³/mol. The second kappa shape index (κ2) is 7.28. The molecule has 0 aliphatic carbocycles. The molecule has 2 aromatic heterocycles. The number of fused-ring (bicyclic) bond motifs is 1. The van der Waals surface area contributed by atoms with Gasteiger partial charge in [-0.1, -0.05) is 24.3 Å². The van der Waals surface area contributed by atoms with Gasteiger partial charge < -0.3 is 10.0 Å². The summed E-state index contributed by atoms with van der Waals surface area (Å²) >= 11 is 0. The highest BCUT2D eigenvalue weighted by Crippen LogP contribution is 2.19. The molecule has 1 aliphatic heterocycles. The van der Waals surface area contributed by atoms with Gasteiger partial charge in [-0.25, -0.2) is 4.79 Å². The van der Waals surface area contributed by atoms with Crippen LogP contribution in [0.4, 0.5) is 5.69 Å². The molecule has 1 N–H and O–H groups in total. The summed E-state index contributed by atoms with van der Waals surface area (Å²) in [5.74, 6) is -1.26. The highest BCUT2D eigenvalue weighted by atomic mass is 16.4. The number of carbonyl (C=O) groups is 2. The Bertz CT molecular complexity index is 1110. The minimum Gasteiger partial charge on any atom is -0.477 e. The summed E-state index contributed by atoms with van der Waals surface area (Å²) < 4.78 is 1.35. The molecular formula is C21H19N3O4. The van der Waals surface area contributed by atoms with Gasteiger partial charge in [0.05, 0.1) is 12.1 Å². The minimum absolute atomic E-state index is 0.00619. The lowest BCUT2D eigenvalue weighted by molar-refractivity contribution is -0.121. The van der Waals surface area contributed by atoms with Crippen LogP contribution in [-0.4, -0.2) is 45.9 Å². The number of pyridine rings is 2. The maximum absolute atomic E-state index is 12.6. The zero-order valence-electron chi connectivity index (χ0n) is 15.1. The minimum atomic E-state index is -1.26. The molecule has 0 unspecified atom stereocenters. The van der Waals surface area contributed by atoms with Crippen molar-refractivity contribution in [3.05, 3.63) is 82.3 Å². The van der Waals surface area contributed by atoms with Gasteiger partial charge in [-0.05, 0) is 35.9 Å². The van der Waals surface area contributed by atoms with Gasteiger partial charge in [0, 0.05) is 31.5 Å². The Morgan fingerprint density at radius 1 is 1.00 bits per heavy atom. The Hall–Kier alpha value is -3.45. The second-order valence-corrected chi connectivity index (χ2v) is 6.74. The number of aromatic carboxylic acids is 1. The first-order valence-electron chi connectivity index (χ1n) is 8.99. The molecule has 0 atom stereocenters. The van der Waals surface area contributed by atoms with Crippen LogP contribution in [0.5, 0.6) is 0 Å². The topological polar surface area (TPSA) is 82.3 Å². The number of benzene rings is 1. The summed E-state index contributed by atoms with van der Waals surface area (Å²) in [7, 11) is 0. The first-order chi connectivity index (χ1) is 13.5. The number of para-hydroxylation sites is 1. The third kappa shape index (κ3) is 3.27. The first-order valence-corrected chi connectivity index (χ1v) is 8.99. The van der Waals surface area contributed by atoms with Gasteiger partial charge >= 0.3 is 5.97 Å². The summed E-state index contributed by atoms with van der Waals surface area (Å²) in [4.78, 5) is 40.2. The normalized spacial score (nSPS) is 15.1. The molecular weight excluding hydrogens is 358 g/mol. The maximum Gasteiger partial charge on any atom is 0.341 e. The number of carboxylic acids is 1. The Morgan fingerprint density at radius 3 is 2.46 bits per heavy atom. The van der Waals surface area contributed by atoms with E-state index in [0.29, 0.717) is 30.7 Å². The van der Waals surface area contributed by atoms with Crippen molar-refractivity contribution in [2.75, 3.05) is 24.5 Å². The lowest BCUT2D eigenvalue weighted by Crippen LogP contribution is -2.50. The monoisotopic (exact) mass is 377 g/mol. The van der Waals surface area contributed by atoms with E-state index in [4.69, 9.17) is 0 Å². The predicted octanol–water partition coefficient (Wildman–Crippen LogP) is 1.85. The van der Waals surface area contributed by atoms with E-state index in [2.05, 4.69) is 0 Å². The van der Waals surface area contributed by atoms with E-state index in [1.807, 2.05) is 35.2 Å². The van der Waals surface area contributed by atoms with Crippen LogP contribution in [0.25, 0.3) is 5.52 Å². The summed E-state index contributed by atoms with van der Waals surface area (Å²) in [6.07, 6.45) is 1.56. The number of hydrogen-bond donors (Lipinski definition) is 1. The van der Waals surface area contributed by atoms with Crippen LogP contribution in [0.2, 0.25) is 0 Å². The summed E-state index contributed by atoms with van der Waals surface area (Å²) in [6.45, 7) is 1.83. The molecule has 0 bridgehead atoms. The Morgan fingerprint density at radius 2 is 1.75 bits per heavy atom. The van der Waals surface area contributed by atoms with Crippen LogP contribution in [0.1, 0.15) is 15.9 Å². The maximum atomic E-state index is 12.6. The molecule has 28 heavy (non-hydrogen) atoms. The van der Waals surface area contributed by atoms with Crippen LogP contribution in [0.3, 0.4) is 0 Å². The zero-order valence-corrected chi connectivity index (χ0v) is 15.1. The number of carboxylic acid groups (broad SMARTS) is 1. The van der Waals surface area contributed by atoms with Crippen molar-refractivity contribution < 1.29 is 14.7 Å². The molecule has 3 heterocycles. The van der Waals surface area contributed by atoms with Crippen molar-refractivity contribution in [3.8, 4) is 0 Å². The van der Waals surface area contributed by atoms with E-state index in [1.165, 1.54) is 10.5 Å². The smallest absolute Gasteiger partial charge is 0.341 e. The van der Waals surface area contributed by atoms with Gasteiger partial charge in [0.1, 0.15) is 5.56 Å². The van der Waals surface area contributed by atoms with Crippen molar-refractivity contribution in [2.45, 2.75) is 6.54 Å². The molecule has 3 aromatic rings. The van der Waals surface area contributed by atoms with Crippen LogP contribution in [0, 0.1) is 0 Å². The molecule has 1 saturated heterocycles. The number of carbonyl (C=O) groups excluding carboxylic acids is 1. The molecule has 142 valence electrons. The highest BCUT2D eigenvalue weighted by molar-refractivity contribution is 5.95. The number of aromatic nitrogens is 1. The SMILES string of the molecule is O=C(O)c1cc(CN2CCN(c3ccccc3)C(=O)C2)c2ccccn2c1=O. The summed E-state index contributed by atoms with van der Waals surface area (Å²) in [5.41, 5.74) is 1.40. The fourth-order valence-corrected chi connectivity index (χ4v) is 3.58. The van der Waals surface area contributed by atoms with Gasteiger partial charge in [-0.3, -0.25) is 18.9 Å². The molecule has 1 aliphatic rings. The van der Waals surface area contributed by atoms with Gasteiger partial charge in [0.25, 0.3) is 5.56 Å². The first kappa shape index (κ1) is 17.9. The quantitative estimate of drug-likeness (QED) is 0.750. The molecule has 0 radical (unpaired) electrons. The van der Waals surface area contributed by atoms with Crippen LogP contribution in [0.15, 0.2) is 65.6 Å². The van der Waals surface area contributed by atoms with Crippen molar-refractivity contribution in [1.29, 1.82) is 0 Å². The standard InChI is InChI=1S/C21H19N3O4/c25-19-14-22(10-11-23(19)16-6-2-1-3-7-16)13-15-12-17(21(27)28)20(26)24-9-5-4-8-18(15)24/h1-9,12H,10-11,13-14H2,(H,27,28). The fourth-order valence-electron chi connectivity index (χ4n) is 3.58. The summed E-state index contributed by atoms with van der Waals surface area (Å²) in [5, 5.41) is 9.37. The molecule has 1 aromatic carbocycles. The molecule has 7 nitrogen and oxygen atoms in total. The average molecular weight is 377 g/mol. The van der Waals surface area contributed by atoms with Gasteiger partial charge in [-0.15, -0.1) is 0 Å². The van der Waals surface area contributed by atoms with E-state index in [-0.39, 0.29) is 18.0 Å². The number of hydrogen-bond acceptors (Lipinski definition) is 4. The lowest BCUT2D eigenvalue weighted by atomic mass is 10.1. The molecule has 0 saturated carbocycles. The van der Waals surface area contributed by atoms with E-state index < -0.39 is 11.5 Å². The second-order valence-electron chi connectivity index (χ2n) is 6.74. The van der Waals surface area contributed by atoms with Crippen molar-refractivity contribution in [2.24, 2.45) is 0 Å². The molecule has 1 fully saturated rings. The lowest BCUT2D eigenvalue weighted by Gasteiger charge is -2.34. The van der Waals surface area contributed by atoms with Crippen molar-refractivity contribution in [1.82, 2.24) is 9.30 Å². The van der Waals surface area contributed by atoms with Crippen LogP contribution >= 0.6 is 0 Å². The third-order valence-corrected chi connectivity index (χ3v) is 4.95. The Balaban J connectivity index is 1.61. The largest absolute Gasteiger partial charge is 0.477 e. The Kier molecular flexibility index (Phi) is 4.67. The number of anilines is 1. The third-order valence-electron chi connectivity index (χ3n) is 4.95. The molecule has 7 heteroatoms. The van der Waals surface area contributed by atoms with Crippen LogP contribution < -0.4 is 10.5 Å². The average Bonchev–Trinajstić information content (AvgIpc) is 2.71. The molecule has 4 rings (SSSR count). The highest BCUT2D eigenvalue weighted by Gasteiger charge is 2.26. The van der Waals surface area contributed by atoms with E-state index in [9.17, 15) is 19.5 Å². The van der Waals surface area contributed by atoms with Gasteiger partial charge in [-0.2, -0.15) is 0 Å².